The van der Waals surface area contributed by atoms with Crippen molar-refractivity contribution < 1.29 is 19.0 Å². The highest BCUT2D eigenvalue weighted by atomic mass is 32.2. The number of benzene rings is 2. The van der Waals surface area contributed by atoms with E-state index in [0.717, 1.165) is 30.0 Å². The molecule has 1 saturated carbocycles. The number of nitrogens with one attached hydrogen (secondary N) is 1. The molecule has 1 fully saturated rings. The zero-order valence-electron chi connectivity index (χ0n) is 19.0. The maximum Gasteiger partial charge on any atom is 0.234 e. The van der Waals surface area contributed by atoms with Crippen LogP contribution in [0.15, 0.2) is 47.6 Å². The first-order valence-electron chi connectivity index (χ1n) is 10.9. The molecule has 0 aliphatic heterocycles. The lowest BCUT2D eigenvalue weighted by molar-refractivity contribution is -0.113. The van der Waals surface area contributed by atoms with Gasteiger partial charge in [-0.3, -0.25) is 4.79 Å². The maximum atomic E-state index is 12.5. The van der Waals surface area contributed by atoms with Gasteiger partial charge in [0.1, 0.15) is 17.2 Å². The van der Waals surface area contributed by atoms with E-state index in [1.54, 1.807) is 32.4 Å². The normalized spacial score (nSPS) is 13.7. The van der Waals surface area contributed by atoms with E-state index in [2.05, 4.69) is 15.5 Å². The number of carbonyl (C=O) groups is 1. The molecule has 1 amide bonds. The molecule has 1 aliphatic rings. The average molecular weight is 469 g/mol. The number of thioether (sulfide) groups is 1. The molecular weight excluding hydrogens is 440 g/mol. The summed E-state index contributed by atoms with van der Waals surface area (Å²) in [7, 11) is 5.02. The minimum absolute atomic E-state index is 0.176. The molecule has 3 aromatic rings. The van der Waals surface area contributed by atoms with E-state index in [-0.39, 0.29) is 11.7 Å². The number of ether oxygens (including phenoxy) is 3. The van der Waals surface area contributed by atoms with E-state index >= 15 is 0 Å². The highest BCUT2D eigenvalue weighted by molar-refractivity contribution is 7.99. The van der Waals surface area contributed by atoms with Crippen molar-refractivity contribution >= 4 is 23.4 Å². The fourth-order valence-electron chi connectivity index (χ4n) is 3.80. The van der Waals surface area contributed by atoms with Crippen molar-refractivity contribution in [1.82, 2.24) is 14.8 Å². The molecule has 174 valence electrons. The van der Waals surface area contributed by atoms with Crippen molar-refractivity contribution in [1.29, 1.82) is 0 Å². The number of methoxy groups -OCH3 is 2. The summed E-state index contributed by atoms with van der Waals surface area (Å²) in [4.78, 5) is 12.5. The minimum Gasteiger partial charge on any atom is -0.497 e. The van der Waals surface area contributed by atoms with Gasteiger partial charge in [-0.2, -0.15) is 0 Å². The van der Waals surface area contributed by atoms with Crippen LogP contribution >= 0.6 is 11.8 Å². The molecule has 1 N–H and O–H groups in total. The molecule has 0 radical (unpaired) electrons. The number of carbonyl (C=O) groups excluding carboxylic acids is 1. The number of rotatable bonds is 9. The Hall–Kier alpha value is -3.20. The minimum atomic E-state index is -0.176. The first-order chi connectivity index (χ1) is 16.1. The van der Waals surface area contributed by atoms with Gasteiger partial charge in [0, 0.05) is 18.7 Å². The molecule has 2 aromatic carbocycles. The molecule has 1 heterocycles. The lowest BCUT2D eigenvalue weighted by Gasteiger charge is -2.13. The monoisotopic (exact) mass is 468 g/mol. The second-order valence-corrected chi connectivity index (χ2v) is 8.76. The van der Waals surface area contributed by atoms with Gasteiger partial charge in [0.2, 0.25) is 5.91 Å². The molecule has 0 spiro atoms. The van der Waals surface area contributed by atoms with Gasteiger partial charge < -0.3 is 24.1 Å². The van der Waals surface area contributed by atoms with Gasteiger partial charge in [-0.25, -0.2) is 0 Å². The number of hydrogen-bond donors (Lipinski definition) is 1. The highest BCUT2D eigenvalue weighted by Gasteiger charge is 2.17. The summed E-state index contributed by atoms with van der Waals surface area (Å²) in [5.41, 5.74) is 1.50. The third-order valence-electron chi connectivity index (χ3n) is 5.57. The molecule has 0 atom stereocenters. The molecule has 33 heavy (non-hydrogen) atoms. The van der Waals surface area contributed by atoms with E-state index in [1.807, 2.05) is 35.9 Å². The van der Waals surface area contributed by atoms with E-state index in [4.69, 9.17) is 14.2 Å². The number of amides is 1. The summed E-state index contributed by atoms with van der Waals surface area (Å²) in [5.74, 6) is 2.82. The average Bonchev–Trinajstić information content (AvgIpc) is 3.48. The quantitative estimate of drug-likeness (QED) is 0.461. The smallest absolute Gasteiger partial charge is 0.234 e. The third kappa shape index (κ3) is 5.60. The van der Waals surface area contributed by atoms with E-state index in [9.17, 15) is 4.79 Å². The SMILES string of the molecule is COc1ccc(OC)c(NC(=O)CSc2nnc(-c3ccc(OC4CCCC4)cc3)n2C)c1. The predicted molar refractivity (Wildman–Crippen MR) is 128 cm³/mol. The van der Waals surface area contributed by atoms with Crippen molar-refractivity contribution in [3.8, 4) is 28.6 Å². The van der Waals surface area contributed by atoms with Gasteiger partial charge in [0.15, 0.2) is 11.0 Å². The molecule has 4 rings (SSSR count). The topological polar surface area (TPSA) is 87.5 Å². The van der Waals surface area contributed by atoms with Gasteiger partial charge >= 0.3 is 0 Å². The second kappa shape index (κ2) is 10.6. The van der Waals surface area contributed by atoms with Crippen molar-refractivity contribution in [2.75, 3.05) is 25.3 Å². The first kappa shape index (κ1) is 23.0. The Balaban J connectivity index is 1.36. The summed E-state index contributed by atoms with van der Waals surface area (Å²) in [6, 6.07) is 13.2. The summed E-state index contributed by atoms with van der Waals surface area (Å²) < 4.78 is 18.5. The van der Waals surface area contributed by atoms with E-state index in [1.165, 1.54) is 24.6 Å². The first-order valence-corrected chi connectivity index (χ1v) is 11.9. The van der Waals surface area contributed by atoms with Gasteiger partial charge in [0.05, 0.1) is 31.8 Å². The van der Waals surface area contributed by atoms with E-state index < -0.39 is 0 Å². The van der Waals surface area contributed by atoms with Gasteiger partial charge in [-0.15, -0.1) is 10.2 Å². The van der Waals surface area contributed by atoms with Crippen molar-refractivity contribution in [3.63, 3.8) is 0 Å². The number of aromatic nitrogens is 3. The van der Waals surface area contributed by atoms with Crippen LogP contribution in [0.3, 0.4) is 0 Å². The van der Waals surface area contributed by atoms with Crippen LogP contribution in [0, 0.1) is 0 Å². The Morgan fingerprint density at radius 1 is 1.06 bits per heavy atom. The standard InChI is InChI=1S/C24H28N4O4S/c1-28-23(16-8-10-18(11-9-16)32-17-6-4-5-7-17)26-27-24(28)33-15-22(29)25-20-14-19(30-2)12-13-21(20)31-3/h8-14,17H,4-7,15H2,1-3H3,(H,25,29). The number of anilines is 1. The summed E-state index contributed by atoms with van der Waals surface area (Å²) >= 11 is 1.32. The maximum absolute atomic E-state index is 12.5. The Kier molecular flexibility index (Phi) is 7.39. The highest BCUT2D eigenvalue weighted by Crippen LogP contribution is 2.30. The molecule has 0 bridgehead atoms. The Morgan fingerprint density at radius 3 is 2.48 bits per heavy atom. The Bertz CT molecular complexity index is 1090. The van der Waals surface area contributed by atoms with Crippen LogP contribution in [0.2, 0.25) is 0 Å². The number of hydrogen-bond acceptors (Lipinski definition) is 7. The molecule has 9 heteroatoms. The zero-order chi connectivity index (χ0) is 23.2. The van der Waals surface area contributed by atoms with Crippen molar-refractivity contribution in [3.05, 3.63) is 42.5 Å². The summed E-state index contributed by atoms with van der Waals surface area (Å²) in [6.45, 7) is 0. The largest absolute Gasteiger partial charge is 0.497 e. The molecular formula is C24H28N4O4S. The van der Waals surface area contributed by atoms with Crippen LogP contribution in [-0.4, -0.2) is 46.7 Å². The van der Waals surface area contributed by atoms with Crippen LogP contribution in [0.1, 0.15) is 25.7 Å². The molecule has 1 aromatic heterocycles. The van der Waals surface area contributed by atoms with E-state index in [0.29, 0.717) is 28.4 Å². The Morgan fingerprint density at radius 2 is 1.79 bits per heavy atom. The summed E-state index contributed by atoms with van der Waals surface area (Å²) in [6.07, 6.45) is 5.07. The van der Waals surface area contributed by atoms with Crippen molar-refractivity contribution in [2.45, 2.75) is 36.9 Å². The fraction of sp³-hybridized carbons (Fsp3) is 0.375. The van der Waals surface area contributed by atoms with Crippen molar-refractivity contribution in [2.24, 2.45) is 7.05 Å². The van der Waals surface area contributed by atoms with Crippen LogP contribution < -0.4 is 19.5 Å². The van der Waals surface area contributed by atoms with Crippen LogP contribution in [0.4, 0.5) is 5.69 Å². The third-order valence-corrected chi connectivity index (χ3v) is 6.59. The predicted octanol–water partition coefficient (Wildman–Crippen LogP) is 4.55. The van der Waals surface area contributed by atoms with Gasteiger partial charge in [0.25, 0.3) is 0 Å². The lowest BCUT2D eigenvalue weighted by atomic mass is 10.2. The molecule has 1 aliphatic carbocycles. The fourth-order valence-corrected chi connectivity index (χ4v) is 4.51. The molecule has 0 unspecified atom stereocenters. The molecule has 0 saturated heterocycles. The Labute approximate surface area is 197 Å². The van der Waals surface area contributed by atoms with Gasteiger partial charge in [-0.05, 0) is 62.1 Å². The number of nitrogens with zero attached hydrogens (tertiary/aromatic N) is 3. The second-order valence-electron chi connectivity index (χ2n) is 7.82. The lowest BCUT2D eigenvalue weighted by Crippen LogP contribution is -2.15. The van der Waals surface area contributed by atoms with Crippen LogP contribution in [0.5, 0.6) is 17.2 Å². The van der Waals surface area contributed by atoms with Crippen LogP contribution in [0.25, 0.3) is 11.4 Å². The zero-order valence-corrected chi connectivity index (χ0v) is 19.9. The van der Waals surface area contributed by atoms with Gasteiger partial charge in [-0.1, -0.05) is 11.8 Å². The van der Waals surface area contributed by atoms with Crippen LogP contribution in [-0.2, 0) is 11.8 Å². The summed E-state index contributed by atoms with van der Waals surface area (Å²) in [5, 5.41) is 12.1. The molecule has 8 nitrogen and oxygen atoms in total.